The van der Waals surface area contributed by atoms with Crippen LogP contribution in [0.4, 0.5) is 0 Å². The Balaban J connectivity index is 2.16. The van der Waals surface area contributed by atoms with E-state index in [1.807, 2.05) is 37.3 Å². The molecule has 108 valence electrons. The predicted molar refractivity (Wildman–Crippen MR) is 76.2 cm³/mol. The van der Waals surface area contributed by atoms with Gasteiger partial charge in [0, 0.05) is 25.0 Å². The van der Waals surface area contributed by atoms with Gasteiger partial charge in [-0.25, -0.2) is 0 Å². The van der Waals surface area contributed by atoms with Gasteiger partial charge in [0.1, 0.15) is 5.78 Å². The molecule has 0 aromatic heterocycles. The van der Waals surface area contributed by atoms with Crippen molar-refractivity contribution < 1.29 is 14.7 Å². The van der Waals surface area contributed by atoms with Gasteiger partial charge < -0.3 is 5.11 Å². The number of carboxylic acids is 1. The second-order valence-electron chi connectivity index (χ2n) is 5.64. The third kappa shape index (κ3) is 3.25. The Morgan fingerprint density at radius 1 is 1.30 bits per heavy atom. The van der Waals surface area contributed by atoms with Gasteiger partial charge in [-0.3, -0.25) is 14.5 Å². The van der Waals surface area contributed by atoms with Crippen molar-refractivity contribution in [2.24, 2.45) is 11.8 Å². The van der Waals surface area contributed by atoms with Crippen molar-refractivity contribution in [2.75, 3.05) is 6.54 Å². The zero-order chi connectivity index (χ0) is 14.7. The molecule has 1 heterocycles. The van der Waals surface area contributed by atoms with E-state index in [9.17, 15) is 14.7 Å². The number of carboxylic acid groups (broad SMARTS) is 1. The van der Waals surface area contributed by atoms with Crippen molar-refractivity contribution >= 4 is 11.8 Å². The molecule has 1 aromatic rings. The number of aliphatic carboxylic acids is 1. The summed E-state index contributed by atoms with van der Waals surface area (Å²) in [6, 6.07) is 9.91. The van der Waals surface area contributed by atoms with Crippen LogP contribution in [0.25, 0.3) is 0 Å². The fraction of sp³-hybridized carbons (Fsp3) is 0.500. The zero-order valence-corrected chi connectivity index (χ0v) is 12.0. The molecule has 0 radical (unpaired) electrons. The molecule has 1 aromatic carbocycles. The van der Waals surface area contributed by atoms with Gasteiger partial charge in [-0.1, -0.05) is 30.3 Å². The number of benzene rings is 1. The van der Waals surface area contributed by atoms with Crippen LogP contribution in [0.1, 0.15) is 25.8 Å². The SMILES string of the molecule is CC(=O)C1CC(C(=O)O)C(C)N(Cc2ccccc2)C1. The first kappa shape index (κ1) is 14.7. The van der Waals surface area contributed by atoms with Crippen LogP contribution in [-0.4, -0.2) is 34.3 Å². The van der Waals surface area contributed by atoms with Gasteiger partial charge in [0.25, 0.3) is 0 Å². The van der Waals surface area contributed by atoms with Gasteiger partial charge in [-0.2, -0.15) is 0 Å². The average Bonchev–Trinajstić information content (AvgIpc) is 2.41. The highest BCUT2D eigenvalue weighted by Crippen LogP contribution is 2.29. The van der Waals surface area contributed by atoms with E-state index in [0.717, 1.165) is 5.56 Å². The van der Waals surface area contributed by atoms with Crippen LogP contribution >= 0.6 is 0 Å². The number of likely N-dealkylation sites (tertiary alicyclic amines) is 1. The number of carbonyl (C=O) groups is 2. The molecule has 4 nitrogen and oxygen atoms in total. The van der Waals surface area contributed by atoms with E-state index >= 15 is 0 Å². The summed E-state index contributed by atoms with van der Waals surface area (Å²) in [5.74, 6) is -1.36. The summed E-state index contributed by atoms with van der Waals surface area (Å²) in [7, 11) is 0. The Morgan fingerprint density at radius 3 is 2.50 bits per heavy atom. The van der Waals surface area contributed by atoms with E-state index < -0.39 is 11.9 Å². The maximum absolute atomic E-state index is 11.7. The van der Waals surface area contributed by atoms with Crippen LogP contribution in [-0.2, 0) is 16.1 Å². The van der Waals surface area contributed by atoms with Crippen LogP contribution in [0, 0.1) is 11.8 Å². The van der Waals surface area contributed by atoms with E-state index in [4.69, 9.17) is 0 Å². The van der Waals surface area contributed by atoms with E-state index in [2.05, 4.69) is 4.90 Å². The minimum absolute atomic E-state index is 0.0525. The molecule has 3 unspecified atom stereocenters. The Kier molecular flexibility index (Phi) is 4.55. The lowest BCUT2D eigenvalue weighted by atomic mass is 9.82. The summed E-state index contributed by atoms with van der Waals surface area (Å²) in [5, 5.41) is 9.35. The third-order valence-electron chi connectivity index (χ3n) is 4.27. The van der Waals surface area contributed by atoms with Crippen molar-refractivity contribution in [1.29, 1.82) is 0 Å². The first-order valence-corrected chi connectivity index (χ1v) is 7.00. The van der Waals surface area contributed by atoms with Crippen LogP contribution in [0.3, 0.4) is 0 Å². The second-order valence-corrected chi connectivity index (χ2v) is 5.64. The number of Topliss-reactive ketones (excluding diaryl/α,β-unsaturated/α-hetero) is 1. The number of piperidine rings is 1. The summed E-state index contributed by atoms with van der Waals surface area (Å²) in [6.07, 6.45) is 0.455. The predicted octanol–water partition coefficient (Wildman–Crippen LogP) is 2.19. The molecule has 1 aliphatic heterocycles. The summed E-state index contributed by atoms with van der Waals surface area (Å²) in [4.78, 5) is 25.2. The quantitative estimate of drug-likeness (QED) is 0.915. The summed E-state index contributed by atoms with van der Waals surface area (Å²) >= 11 is 0. The van der Waals surface area contributed by atoms with Gasteiger partial charge in [0.2, 0.25) is 0 Å². The van der Waals surface area contributed by atoms with Crippen LogP contribution in [0.5, 0.6) is 0 Å². The van der Waals surface area contributed by atoms with E-state index in [1.54, 1.807) is 6.92 Å². The highest BCUT2D eigenvalue weighted by molar-refractivity contribution is 5.80. The van der Waals surface area contributed by atoms with Crippen molar-refractivity contribution in [3.05, 3.63) is 35.9 Å². The van der Waals surface area contributed by atoms with Gasteiger partial charge in [-0.05, 0) is 25.8 Å². The topological polar surface area (TPSA) is 57.6 Å². The number of hydrogen-bond donors (Lipinski definition) is 1. The smallest absolute Gasteiger partial charge is 0.308 e. The number of rotatable bonds is 4. The number of hydrogen-bond acceptors (Lipinski definition) is 3. The molecule has 2 rings (SSSR count). The molecule has 0 amide bonds. The highest BCUT2D eigenvalue weighted by atomic mass is 16.4. The summed E-state index contributed by atoms with van der Waals surface area (Å²) in [5.41, 5.74) is 1.15. The van der Waals surface area contributed by atoms with Crippen LogP contribution < -0.4 is 0 Å². The van der Waals surface area contributed by atoms with Gasteiger partial charge >= 0.3 is 5.97 Å². The molecule has 0 bridgehead atoms. The van der Waals surface area contributed by atoms with Gasteiger partial charge in [0.05, 0.1) is 5.92 Å². The first-order chi connectivity index (χ1) is 9.49. The molecule has 4 heteroatoms. The lowest BCUT2D eigenvalue weighted by molar-refractivity contribution is -0.148. The molecule has 0 saturated carbocycles. The second kappa shape index (κ2) is 6.18. The molecular formula is C16H21NO3. The molecular weight excluding hydrogens is 254 g/mol. The van der Waals surface area contributed by atoms with Crippen LogP contribution in [0.2, 0.25) is 0 Å². The fourth-order valence-corrected chi connectivity index (χ4v) is 2.91. The van der Waals surface area contributed by atoms with Gasteiger partial charge in [-0.15, -0.1) is 0 Å². The maximum Gasteiger partial charge on any atom is 0.308 e. The van der Waals surface area contributed by atoms with Crippen LogP contribution in [0.15, 0.2) is 30.3 Å². The van der Waals surface area contributed by atoms with E-state index in [-0.39, 0.29) is 17.7 Å². The van der Waals surface area contributed by atoms with Crippen molar-refractivity contribution in [1.82, 2.24) is 4.90 Å². The van der Waals surface area contributed by atoms with Crippen molar-refractivity contribution in [2.45, 2.75) is 32.9 Å². The molecule has 1 fully saturated rings. The molecule has 1 N–H and O–H groups in total. The third-order valence-corrected chi connectivity index (χ3v) is 4.27. The van der Waals surface area contributed by atoms with Crippen molar-refractivity contribution in [3.63, 3.8) is 0 Å². The Morgan fingerprint density at radius 2 is 1.95 bits per heavy atom. The molecule has 0 spiro atoms. The molecule has 3 atom stereocenters. The monoisotopic (exact) mass is 275 g/mol. The standard InChI is InChI=1S/C16H21NO3/c1-11-15(16(19)20)8-14(12(2)18)10-17(11)9-13-6-4-3-5-7-13/h3-7,11,14-15H,8-10H2,1-2H3,(H,19,20). The highest BCUT2D eigenvalue weighted by Gasteiger charge is 2.38. The van der Waals surface area contributed by atoms with E-state index in [1.165, 1.54) is 0 Å². The largest absolute Gasteiger partial charge is 0.481 e. The molecule has 1 saturated heterocycles. The number of carbonyl (C=O) groups excluding carboxylic acids is 1. The molecule has 0 aliphatic carbocycles. The maximum atomic E-state index is 11.7. The lowest BCUT2D eigenvalue weighted by Gasteiger charge is -2.40. The number of nitrogens with zero attached hydrogens (tertiary/aromatic N) is 1. The normalized spacial score (nSPS) is 27.2. The number of ketones is 1. The van der Waals surface area contributed by atoms with Gasteiger partial charge in [0.15, 0.2) is 0 Å². The molecule has 20 heavy (non-hydrogen) atoms. The lowest BCUT2D eigenvalue weighted by Crippen LogP contribution is -2.50. The Hall–Kier alpha value is -1.68. The molecule has 1 aliphatic rings. The Labute approximate surface area is 119 Å². The summed E-state index contributed by atoms with van der Waals surface area (Å²) < 4.78 is 0. The van der Waals surface area contributed by atoms with E-state index in [0.29, 0.717) is 19.5 Å². The fourth-order valence-electron chi connectivity index (χ4n) is 2.91. The zero-order valence-electron chi connectivity index (χ0n) is 12.0. The minimum Gasteiger partial charge on any atom is -0.481 e. The summed E-state index contributed by atoms with van der Waals surface area (Å²) in [6.45, 7) is 4.84. The Bertz CT molecular complexity index is 486. The first-order valence-electron chi connectivity index (χ1n) is 7.00. The average molecular weight is 275 g/mol. The van der Waals surface area contributed by atoms with Crippen molar-refractivity contribution in [3.8, 4) is 0 Å². The minimum atomic E-state index is -0.804.